The van der Waals surface area contributed by atoms with Crippen LogP contribution in [-0.4, -0.2) is 68.1 Å². The van der Waals surface area contributed by atoms with E-state index >= 15 is 0 Å². The van der Waals surface area contributed by atoms with E-state index in [1.165, 1.54) is 5.56 Å². The molecule has 0 N–H and O–H groups in total. The maximum absolute atomic E-state index is 13.4. The molecule has 7 heteroatoms. The molecule has 0 aliphatic carbocycles. The van der Waals surface area contributed by atoms with Gasteiger partial charge in [-0.3, -0.25) is 9.69 Å². The fourth-order valence-corrected chi connectivity index (χ4v) is 5.03. The highest BCUT2D eigenvalue weighted by Gasteiger charge is 2.28. The number of amides is 3. The van der Waals surface area contributed by atoms with Crippen molar-refractivity contribution in [2.45, 2.75) is 19.9 Å². The smallest absolute Gasteiger partial charge is 0.324 e. The Kier molecular flexibility index (Phi) is 7.30. The van der Waals surface area contributed by atoms with Gasteiger partial charge in [0.1, 0.15) is 5.75 Å². The third-order valence-corrected chi connectivity index (χ3v) is 7.21. The van der Waals surface area contributed by atoms with Gasteiger partial charge in [0.15, 0.2) is 0 Å². The Bertz CT molecular complexity index is 1230. The first kappa shape index (κ1) is 24.7. The van der Waals surface area contributed by atoms with Gasteiger partial charge in [0.25, 0.3) is 5.91 Å². The van der Waals surface area contributed by atoms with Crippen molar-refractivity contribution >= 4 is 23.3 Å². The van der Waals surface area contributed by atoms with E-state index in [4.69, 9.17) is 4.74 Å². The molecule has 7 nitrogen and oxygen atoms in total. The average molecular weight is 499 g/mol. The molecule has 2 saturated heterocycles. The number of benzene rings is 3. The van der Waals surface area contributed by atoms with Crippen molar-refractivity contribution in [2.24, 2.45) is 0 Å². The Hall–Kier alpha value is -4.00. The molecule has 5 rings (SSSR count). The van der Waals surface area contributed by atoms with Crippen molar-refractivity contribution in [1.29, 1.82) is 0 Å². The molecule has 0 bridgehead atoms. The molecule has 3 aromatic rings. The summed E-state index contributed by atoms with van der Waals surface area (Å²) in [7, 11) is 1.66. The third-order valence-electron chi connectivity index (χ3n) is 7.21. The summed E-state index contributed by atoms with van der Waals surface area (Å²) >= 11 is 0. The van der Waals surface area contributed by atoms with Crippen molar-refractivity contribution in [2.75, 3.05) is 56.2 Å². The molecule has 0 atom stereocenters. The first-order chi connectivity index (χ1) is 18.0. The van der Waals surface area contributed by atoms with Gasteiger partial charge in [-0.25, -0.2) is 4.79 Å². The molecule has 2 aliphatic heterocycles. The number of piperazine rings is 1. The summed E-state index contributed by atoms with van der Waals surface area (Å²) in [5, 5.41) is 0. The number of carbonyl (C=O) groups excluding carboxylic acids is 2. The number of rotatable bonds is 6. The van der Waals surface area contributed by atoms with Crippen molar-refractivity contribution in [3.05, 3.63) is 89.5 Å². The zero-order valence-corrected chi connectivity index (χ0v) is 21.6. The van der Waals surface area contributed by atoms with Crippen LogP contribution in [0.5, 0.6) is 5.75 Å². The fraction of sp³-hybridized carbons (Fsp3) is 0.333. The Morgan fingerprint density at radius 1 is 0.838 bits per heavy atom. The lowest BCUT2D eigenvalue weighted by molar-refractivity contribution is 0.0746. The predicted molar refractivity (Wildman–Crippen MR) is 147 cm³/mol. The summed E-state index contributed by atoms with van der Waals surface area (Å²) in [6.07, 6.45) is 0.892. The summed E-state index contributed by atoms with van der Waals surface area (Å²) in [4.78, 5) is 34.6. The molecule has 0 saturated carbocycles. The molecule has 192 valence electrons. The number of hydrogen-bond donors (Lipinski definition) is 0. The molecule has 2 fully saturated rings. The van der Waals surface area contributed by atoms with Crippen LogP contribution in [0, 0.1) is 6.92 Å². The number of ether oxygens (including phenoxy) is 1. The fourth-order valence-electron chi connectivity index (χ4n) is 5.03. The number of aryl methyl sites for hydroxylation is 1. The third kappa shape index (κ3) is 5.56. The number of urea groups is 1. The van der Waals surface area contributed by atoms with Crippen LogP contribution in [0.4, 0.5) is 16.2 Å². The average Bonchev–Trinajstić information content (AvgIpc) is 2.95. The first-order valence-electron chi connectivity index (χ1n) is 12.9. The van der Waals surface area contributed by atoms with E-state index in [9.17, 15) is 9.59 Å². The SMILES string of the molecule is COc1ccc(N2CCN(C(=O)c3cccc(N4CCCN(Cc5ccc(C)cc5)C4=O)c3)CC2)cc1. The Labute approximate surface area is 218 Å². The zero-order chi connectivity index (χ0) is 25.8. The predicted octanol–water partition coefficient (Wildman–Crippen LogP) is 4.80. The summed E-state index contributed by atoms with van der Waals surface area (Å²) in [6.45, 7) is 6.90. The Morgan fingerprint density at radius 3 is 2.27 bits per heavy atom. The number of hydrogen-bond acceptors (Lipinski definition) is 4. The number of anilines is 2. The molecule has 0 aromatic heterocycles. The summed E-state index contributed by atoms with van der Waals surface area (Å²) in [6, 6.07) is 23.8. The van der Waals surface area contributed by atoms with Crippen LogP contribution in [-0.2, 0) is 6.54 Å². The van der Waals surface area contributed by atoms with E-state index in [-0.39, 0.29) is 11.9 Å². The maximum atomic E-state index is 13.4. The summed E-state index contributed by atoms with van der Waals surface area (Å²) in [5.74, 6) is 0.847. The molecule has 2 aliphatic rings. The quantitative estimate of drug-likeness (QED) is 0.490. The van der Waals surface area contributed by atoms with Gasteiger partial charge in [0, 0.05) is 62.8 Å². The molecule has 37 heavy (non-hydrogen) atoms. The van der Waals surface area contributed by atoms with E-state index in [1.807, 2.05) is 46.2 Å². The lowest BCUT2D eigenvalue weighted by atomic mass is 10.1. The number of nitrogens with zero attached hydrogens (tertiary/aromatic N) is 4. The second-order valence-electron chi connectivity index (χ2n) is 9.72. The number of carbonyl (C=O) groups is 2. The van der Waals surface area contributed by atoms with Crippen LogP contribution in [0.15, 0.2) is 72.8 Å². The standard InChI is InChI=1S/C30H34N4O3/c1-23-7-9-24(10-8-23)22-33-15-4-16-34(30(33)36)27-6-3-5-25(21-27)29(35)32-19-17-31(18-20-32)26-11-13-28(37-2)14-12-26/h3,5-14,21H,4,15-20,22H2,1-2H3. The normalized spacial score (nSPS) is 16.2. The lowest BCUT2D eigenvalue weighted by Crippen LogP contribution is -2.49. The summed E-state index contributed by atoms with van der Waals surface area (Å²) in [5.41, 5.74) is 4.87. The van der Waals surface area contributed by atoms with E-state index in [1.54, 1.807) is 12.0 Å². The van der Waals surface area contributed by atoms with Crippen LogP contribution in [0.3, 0.4) is 0 Å². The minimum atomic E-state index is -0.00969. The van der Waals surface area contributed by atoms with Gasteiger partial charge < -0.3 is 19.4 Å². The van der Waals surface area contributed by atoms with E-state index in [0.29, 0.717) is 31.7 Å². The Morgan fingerprint density at radius 2 is 1.57 bits per heavy atom. The highest BCUT2D eigenvalue weighted by atomic mass is 16.5. The molecule has 0 unspecified atom stereocenters. The maximum Gasteiger partial charge on any atom is 0.324 e. The van der Waals surface area contributed by atoms with E-state index < -0.39 is 0 Å². The topological polar surface area (TPSA) is 56.3 Å². The molecule has 2 heterocycles. The molecular weight excluding hydrogens is 464 g/mol. The molecule has 0 spiro atoms. The van der Waals surface area contributed by atoms with Crippen LogP contribution in [0.2, 0.25) is 0 Å². The second-order valence-corrected chi connectivity index (χ2v) is 9.72. The highest BCUT2D eigenvalue weighted by molar-refractivity contribution is 5.98. The Balaban J connectivity index is 1.23. The second kappa shape index (κ2) is 10.9. The molecule has 3 amide bonds. The van der Waals surface area contributed by atoms with Crippen LogP contribution < -0.4 is 14.5 Å². The monoisotopic (exact) mass is 498 g/mol. The number of methoxy groups -OCH3 is 1. The molecule has 3 aromatic carbocycles. The highest BCUT2D eigenvalue weighted by Crippen LogP contribution is 2.25. The van der Waals surface area contributed by atoms with Crippen LogP contribution in [0.25, 0.3) is 0 Å². The first-order valence-corrected chi connectivity index (χ1v) is 12.9. The van der Waals surface area contributed by atoms with Gasteiger partial charge in [0.2, 0.25) is 0 Å². The van der Waals surface area contributed by atoms with Gasteiger partial charge >= 0.3 is 6.03 Å². The van der Waals surface area contributed by atoms with Crippen molar-refractivity contribution in [1.82, 2.24) is 9.80 Å². The zero-order valence-electron chi connectivity index (χ0n) is 21.6. The van der Waals surface area contributed by atoms with Gasteiger partial charge in [-0.05, 0) is 61.4 Å². The van der Waals surface area contributed by atoms with Gasteiger partial charge in [-0.15, -0.1) is 0 Å². The van der Waals surface area contributed by atoms with Crippen molar-refractivity contribution in [3.63, 3.8) is 0 Å². The van der Waals surface area contributed by atoms with Crippen LogP contribution >= 0.6 is 0 Å². The minimum absolute atomic E-state index is 0.00969. The minimum Gasteiger partial charge on any atom is -0.497 e. The lowest BCUT2D eigenvalue weighted by Gasteiger charge is -2.37. The summed E-state index contributed by atoms with van der Waals surface area (Å²) < 4.78 is 5.25. The largest absolute Gasteiger partial charge is 0.497 e. The molecule has 0 radical (unpaired) electrons. The molecular formula is C30H34N4O3. The van der Waals surface area contributed by atoms with E-state index in [2.05, 4.69) is 48.2 Å². The van der Waals surface area contributed by atoms with Crippen molar-refractivity contribution in [3.8, 4) is 5.75 Å². The van der Waals surface area contributed by atoms with Crippen LogP contribution in [0.1, 0.15) is 27.9 Å². The van der Waals surface area contributed by atoms with Gasteiger partial charge in [0.05, 0.1) is 7.11 Å². The van der Waals surface area contributed by atoms with Crippen molar-refractivity contribution < 1.29 is 14.3 Å². The van der Waals surface area contributed by atoms with E-state index in [0.717, 1.165) is 48.7 Å². The van der Waals surface area contributed by atoms with Gasteiger partial charge in [-0.1, -0.05) is 35.9 Å². The van der Waals surface area contributed by atoms with Gasteiger partial charge in [-0.2, -0.15) is 0 Å².